The monoisotopic (exact) mass is 383 g/mol. The second-order valence-corrected chi connectivity index (χ2v) is 7.79. The Balaban J connectivity index is 1.90. The molecule has 4 nitrogen and oxygen atoms in total. The fraction of sp³-hybridized carbons (Fsp3) is 0.250. The van der Waals surface area contributed by atoms with Crippen molar-refractivity contribution in [2.75, 3.05) is 6.26 Å². The number of hydrogen-bond acceptors (Lipinski definition) is 5. The quantitative estimate of drug-likeness (QED) is 0.496. The lowest BCUT2D eigenvalue weighted by atomic mass is 10.0. The molecule has 0 saturated heterocycles. The topological polar surface area (TPSA) is 54.9 Å². The number of carbonyl (C=O) groups excluding carboxylic acids is 1. The van der Waals surface area contributed by atoms with Crippen molar-refractivity contribution in [2.45, 2.75) is 31.8 Å². The molecule has 0 aliphatic heterocycles. The molecule has 3 rings (SSSR count). The molecule has 0 aliphatic carbocycles. The molecule has 0 aliphatic rings. The van der Waals surface area contributed by atoms with Gasteiger partial charge >= 0.3 is 0 Å². The van der Waals surface area contributed by atoms with E-state index in [1.165, 1.54) is 11.8 Å². The zero-order valence-electron chi connectivity index (χ0n) is 15.2. The fourth-order valence-corrected chi connectivity index (χ4v) is 4.17. The highest BCUT2D eigenvalue weighted by atomic mass is 32.2. The smallest absolute Gasteiger partial charge is 0.256 e. The minimum absolute atomic E-state index is 0.0882. The van der Waals surface area contributed by atoms with Crippen molar-refractivity contribution in [3.8, 4) is 10.7 Å². The summed E-state index contributed by atoms with van der Waals surface area (Å²) in [7, 11) is 0. The molecule has 1 atom stereocenters. The minimum atomic E-state index is -0.139. The number of aromatic nitrogens is 2. The maximum Gasteiger partial charge on any atom is 0.256 e. The van der Waals surface area contributed by atoms with E-state index in [-0.39, 0.29) is 11.9 Å². The molecule has 1 N–H and O–H groups in total. The Kier molecular flexibility index (Phi) is 5.74. The van der Waals surface area contributed by atoms with Gasteiger partial charge in [0.05, 0.1) is 22.2 Å². The van der Waals surface area contributed by atoms with E-state index >= 15 is 0 Å². The van der Waals surface area contributed by atoms with Gasteiger partial charge in [-0.3, -0.25) is 4.79 Å². The summed E-state index contributed by atoms with van der Waals surface area (Å²) in [5, 5.41) is 5.79. The van der Waals surface area contributed by atoms with Crippen molar-refractivity contribution in [2.24, 2.45) is 0 Å². The zero-order valence-corrected chi connectivity index (χ0v) is 16.9. The molecule has 2 aromatic heterocycles. The van der Waals surface area contributed by atoms with Gasteiger partial charge in [-0.1, -0.05) is 30.3 Å². The van der Waals surface area contributed by atoms with E-state index in [2.05, 4.69) is 28.3 Å². The maximum atomic E-state index is 12.9. The molecule has 134 valence electrons. The third-order valence-corrected chi connectivity index (χ3v) is 5.77. The van der Waals surface area contributed by atoms with Gasteiger partial charge in [-0.05, 0) is 49.6 Å². The summed E-state index contributed by atoms with van der Waals surface area (Å²) in [6.45, 7) is 5.91. The van der Waals surface area contributed by atoms with Crippen molar-refractivity contribution in [3.63, 3.8) is 0 Å². The highest BCUT2D eigenvalue weighted by Crippen LogP contribution is 2.28. The largest absolute Gasteiger partial charge is 0.345 e. The number of rotatable bonds is 5. The normalized spacial score (nSPS) is 12.0. The van der Waals surface area contributed by atoms with E-state index in [9.17, 15) is 4.79 Å². The van der Waals surface area contributed by atoms with Crippen LogP contribution in [0.15, 0.2) is 46.8 Å². The van der Waals surface area contributed by atoms with Crippen LogP contribution in [-0.2, 0) is 0 Å². The lowest BCUT2D eigenvalue weighted by Gasteiger charge is -2.18. The molecule has 0 unspecified atom stereocenters. The molecule has 3 aromatic rings. The van der Waals surface area contributed by atoms with Gasteiger partial charge in [0, 0.05) is 0 Å². The number of aryl methyl sites for hydroxylation is 2. The van der Waals surface area contributed by atoms with Crippen LogP contribution in [0.2, 0.25) is 0 Å². The van der Waals surface area contributed by atoms with Crippen molar-refractivity contribution in [3.05, 3.63) is 64.2 Å². The highest BCUT2D eigenvalue weighted by molar-refractivity contribution is 7.98. The number of carbonyl (C=O) groups is 1. The SMILES string of the molecule is CSc1nc(-c2cccs2)nc(C)c1C(=O)N[C@@H](C)c1ccccc1C. The fourth-order valence-electron chi connectivity index (χ4n) is 2.89. The minimum Gasteiger partial charge on any atom is -0.345 e. The van der Waals surface area contributed by atoms with Crippen LogP contribution in [-0.4, -0.2) is 22.1 Å². The Morgan fingerprint density at radius 2 is 1.92 bits per heavy atom. The lowest BCUT2D eigenvalue weighted by molar-refractivity contribution is 0.0935. The zero-order chi connectivity index (χ0) is 18.7. The van der Waals surface area contributed by atoms with Crippen LogP contribution in [0.3, 0.4) is 0 Å². The Hall–Kier alpha value is -2.18. The standard InChI is InChI=1S/C20H21N3OS2/c1-12-8-5-6-9-15(12)13(2)22-19(24)17-14(3)21-18(23-20(17)25-4)16-10-7-11-26-16/h5-11,13H,1-4H3,(H,22,24)/t13-/m0/s1. The average molecular weight is 384 g/mol. The molecule has 1 aromatic carbocycles. The van der Waals surface area contributed by atoms with E-state index in [1.54, 1.807) is 11.3 Å². The van der Waals surface area contributed by atoms with Gasteiger partial charge in [0.25, 0.3) is 5.91 Å². The van der Waals surface area contributed by atoms with E-state index in [4.69, 9.17) is 0 Å². The summed E-state index contributed by atoms with van der Waals surface area (Å²) < 4.78 is 0. The molecular weight excluding hydrogens is 362 g/mol. The summed E-state index contributed by atoms with van der Waals surface area (Å²) in [6.07, 6.45) is 1.93. The van der Waals surface area contributed by atoms with Crippen molar-refractivity contribution in [1.29, 1.82) is 0 Å². The second kappa shape index (κ2) is 8.01. The first-order valence-electron chi connectivity index (χ1n) is 8.34. The molecule has 0 fully saturated rings. The summed E-state index contributed by atoms with van der Waals surface area (Å²) in [5.74, 6) is 0.533. The number of thioether (sulfide) groups is 1. The number of benzene rings is 1. The first-order valence-corrected chi connectivity index (χ1v) is 10.4. The Bertz CT molecular complexity index is 923. The van der Waals surface area contributed by atoms with E-state index < -0.39 is 0 Å². The van der Waals surface area contributed by atoms with Gasteiger partial charge in [-0.15, -0.1) is 23.1 Å². The van der Waals surface area contributed by atoms with Crippen molar-refractivity contribution in [1.82, 2.24) is 15.3 Å². The molecule has 0 spiro atoms. The van der Waals surface area contributed by atoms with Crippen molar-refractivity contribution >= 4 is 29.0 Å². The van der Waals surface area contributed by atoms with Gasteiger partial charge in [0.15, 0.2) is 5.82 Å². The van der Waals surface area contributed by atoms with Gasteiger partial charge in [0.2, 0.25) is 0 Å². The third kappa shape index (κ3) is 3.81. The predicted molar refractivity (Wildman–Crippen MR) is 109 cm³/mol. The van der Waals surface area contributed by atoms with Crippen LogP contribution in [0, 0.1) is 13.8 Å². The Morgan fingerprint density at radius 3 is 2.58 bits per heavy atom. The first kappa shape index (κ1) is 18.6. The molecular formula is C20H21N3OS2. The summed E-state index contributed by atoms with van der Waals surface area (Å²) in [5.41, 5.74) is 3.52. The van der Waals surface area contributed by atoms with Gasteiger partial charge in [-0.2, -0.15) is 0 Å². The van der Waals surface area contributed by atoms with Crippen LogP contribution in [0.1, 0.15) is 40.1 Å². The molecule has 6 heteroatoms. The van der Waals surface area contributed by atoms with E-state index in [0.717, 1.165) is 16.0 Å². The Morgan fingerprint density at radius 1 is 1.15 bits per heavy atom. The second-order valence-electron chi connectivity index (χ2n) is 6.05. The van der Waals surface area contributed by atoms with Crippen molar-refractivity contribution < 1.29 is 4.79 Å². The molecule has 0 bridgehead atoms. The van der Waals surface area contributed by atoms with E-state index in [1.807, 2.05) is 55.8 Å². The number of nitrogens with zero attached hydrogens (tertiary/aromatic N) is 2. The summed E-state index contributed by atoms with van der Waals surface area (Å²) in [4.78, 5) is 23.1. The highest BCUT2D eigenvalue weighted by Gasteiger charge is 2.21. The number of amides is 1. The maximum absolute atomic E-state index is 12.9. The average Bonchev–Trinajstić information content (AvgIpc) is 3.15. The van der Waals surface area contributed by atoms with Crippen LogP contribution in [0.4, 0.5) is 0 Å². The summed E-state index contributed by atoms with van der Waals surface area (Å²) in [6, 6.07) is 12.0. The van der Waals surface area contributed by atoms with Gasteiger partial charge in [0.1, 0.15) is 5.03 Å². The van der Waals surface area contributed by atoms with Gasteiger partial charge < -0.3 is 5.32 Å². The molecule has 26 heavy (non-hydrogen) atoms. The first-order chi connectivity index (χ1) is 12.5. The Labute approximate surface area is 162 Å². The molecule has 0 radical (unpaired) electrons. The summed E-state index contributed by atoms with van der Waals surface area (Å²) >= 11 is 3.06. The molecule has 2 heterocycles. The number of nitrogens with one attached hydrogen (secondary N) is 1. The third-order valence-electron chi connectivity index (χ3n) is 4.22. The van der Waals surface area contributed by atoms with Crippen LogP contribution < -0.4 is 5.32 Å². The van der Waals surface area contributed by atoms with Crippen LogP contribution in [0.25, 0.3) is 10.7 Å². The molecule has 1 amide bonds. The van der Waals surface area contributed by atoms with Gasteiger partial charge in [-0.25, -0.2) is 9.97 Å². The lowest BCUT2D eigenvalue weighted by Crippen LogP contribution is -2.29. The molecule has 0 saturated carbocycles. The van der Waals surface area contributed by atoms with Crippen LogP contribution >= 0.6 is 23.1 Å². The number of thiophene rings is 1. The van der Waals surface area contributed by atoms with E-state index in [0.29, 0.717) is 22.1 Å². The van der Waals surface area contributed by atoms with Crippen LogP contribution in [0.5, 0.6) is 0 Å². The predicted octanol–water partition coefficient (Wildman–Crippen LogP) is 5.03. The number of hydrogen-bond donors (Lipinski definition) is 1.